The molecule has 2 heterocycles. The van der Waals surface area contributed by atoms with E-state index in [-0.39, 0.29) is 0 Å². The Kier molecular flexibility index (Phi) is 4.14. The van der Waals surface area contributed by atoms with E-state index in [1.165, 1.54) is 37.9 Å². The minimum Gasteiger partial charge on any atom is -0.377 e. The van der Waals surface area contributed by atoms with Gasteiger partial charge in [0.25, 0.3) is 0 Å². The third-order valence-electron chi connectivity index (χ3n) is 4.36. The molecule has 0 aromatic carbocycles. The number of hydrogen-bond acceptors (Lipinski definition) is 3. The van der Waals surface area contributed by atoms with Gasteiger partial charge in [0, 0.05) is 38.1 Å². The summed E-state index contributed by atoms with van der Waals surface area (Å²) in [5.74, 6) is 0.959. The van der Waals surface area contributed by atoms with Crippen molar-refractivity contribution in [2.75, 3.05) is 19.7 Å². The van der Waals surface area contributed by atoms with Gasteiger partial charge in [-0.1, -0.05) is 0 Å². The first kappa shape index (κ1) is 13.1. The number of nitrogens with zero attached hydrogens (tertiary/aromatic N) is 2. The van der Waals surface area contributed by atoms with Crippen molar-refractivity contribution in [1.82, 2.24) is 9.88 Å². The fourth-order valence-electron chi connectivity index (χ4n) is 3.17. The van der Waals surface area contributed by atoms with Crippen molar-refractivity contribution in [1.29, 1.82) is 0 Å². The van der Waals surface area contributed by atoms with Crippen molar-refractivity contribution >= 4 is 0 Å². The lowest BCUT2D eigenvalue weighted by Crippen LogP contribution is -2.39. The maximum Gasteiger partial charge on any atom is 0.0745 e. The second-order valence-corrected chi connectivity index (χ2v) is 5.85. The molecule has 0 N–H and O–H groups in total. The lowest BCUT2D eigenvalue weighted by Gasteiger charge is -2.28. The largest absolute Gasteiger partial charge is 0.377 e. The molecule has 1 saturated carbocycles. The van der Waals surface area contributed by atoms with E-state index in [2.05, 4.69) is 28.9 Å². The summed E-state index contributed by atoms with van der Waals surface area (Å²) in [6, 6.07) is 4.83. The van der Waals surface area contributed by atoms with Gasteiger partial charge in [-0.2, -0.15) is 0 Å². The van der Waals surface area contributed by atoms with Gasteiger partial charge in [-0.25, -0.2) is 0 Å². The molecule has 1 aromatic heterocycles. The lowest BCUT2D eigenvalue weighted by molar-refractivity contribution is 0.0338. The number of aromatic nitrogens is 1. The molecule has 0 spiro atoms. The van der Waals surface area contributed by atoms with Gasteiger partial charge in [0.15, 0.2) is 0 Å². The van der Waals surface area contributed by atoms with E-state index < -0.39 is 0 Å². The first-order chi connectivity index (χ1) is 9.36. The van der Waals surface area contributed by atoms with Crippen LogP contribution in [0.15, 0.2) is 24.5 Å². The monoisotopic (exact) mass is 260 g/mol. The molecule has 1 aliphatic carbocycles. The van der Waals surface area contributed by atoms with Gasteiger partial charge < -0.3 is 4.74 Å². The Morgan fingerprint density at radius 2 is 2.05 bits per heavy atom. The van der Waals surface area contributed by atoms with Crippen LogP contribution < -0.4 is 0 Å². The number of pyridine rings is 1. The fourth-order valence-corrected chi connectivity index (χ4v) is 3.17. The number of ether oxygens (including phenoxy) is 1. The molecular weight excluding hydrogens is 236 g/mol. The van der Waals surface area contributed by atoms with E-state index >= 15 is 0 Å². The Morgan fingerprint density at radius 1 is 1.26 bits per heavy atom. The summed E-state index contributed by atoms with van der Waals surface area (Å²) in [5, 5.41) is 0. The standard InChI is InChI=1S/C16H24N2O/c1-2-19-16-7-10-18(12-14-3-4-14)15(16)11-13-5-8-17-9-6-13/h5-6,8-9,14-16H,2-4,7,10-12H2,1H3/t15-,16-/m1/s1. The van der Waals surface area contributed by atoms with E-state index in [0.717, 1.165) is 18.9 Å². The molecule has 0 unspecified atom stereocenters. The van der Waals surface area contributed by atoms with Gasteiger partial charge in [-0.3, -0.25) is 9.88 Å². The molecule has 0 amide bonds. The van der Waals surface area contributed by atoms with Crippen molar-refractivity contribution in [3.63, 3.8) is 0 Å². The summed E-state index contributed by atoms with van der Waals surface area (Å²) in [6.45, 7) is 5.41. The van der Waals surface area contributed by atoms with Gasteiger partial charge in [0.1, 0.15) is 0 Å². The van der Waals surface area contributed by atoms with Crippen LogP contribution in [0.5, 0.6) is 0 Å². The van der Waals surface area contributed by atoms with Crippen molar-refractivity contribution < 1.29 is 4.74 Å². The maximum absolute atomic E-state index is 5.96. The fraction of sp³-hybridized carbons (Fsp3) is 0.688. The highest BCUT2D eigenvalue weighted by atomic mass is 16.5. The molecule has 2 aliphatic rings. The Hall–Kier alpha value is -0.930. The third kappa shape index (κ3) is 3.34. The van der Waals surface area contributed by atoms with Crippen LogP contribution in [0, 0.1) is 5.92 Å². The van der Waals surface area contributed by atoms with Gasteiger partial charge >= 0.3 is 0 Å². The molecule has 1 aromatic rings. The topological polar surface area (TPSA) is 25.4 Å². The predicted molar refractivity (Wildman–Crippen MR) is 76.1 cm³/mol. The first-order valence-electron chi connectivity index (χ1n) is 7.61. The zero-order chi connectivity index (χ0) is 13.1. The smallest absolute Gasteiger partial charge is 0.0745 e. The molecule has 3 nitrogen and oxygen atoms in total. The van der Waals surface area contributed by atoms with E-state index in [1.54, 1.807) is 0 Å². The Balaban J connectivity index is 1.67. The van der Waals surface area contributed by atoms with Gasteiger partial charge in [-0.05, 0) is 56.2 Å². The number of rotatable bonds is 6. The summed E-state index contributed by atoms with van der Waals surface area (Å²) in [5.41, 5.74) is 1.38. The van der Waals surface area contributed by atoms with Crippen molar-refractivity contribution in [2.24, 2.45) is 5.92 Å². The molecule has 0 bridgehead atoms. The van der Waals surface area contributed by atoms with Crippen LogP contribution in [0.1, 0.15) is 31.7 Å². The van der Waals surface area contributed by atoms with E-state index in [4.69, 9.17) is 4.74 Å². The molecule has 2 atom stereocenters. The number of likely N-dealkylation sites (tertiary alicyclic amines) is 1. The molecule has 1 aliphatic heterocycles. The third-order valence-corrected chi connectivity index (χ3v) is 4.36. The second-order valence-electron chi connectivity index (χ2n) is 5.85. The van der Waals surface area contributed by atoms with Crippen LogP contribution in [0.2, 0.25) is 0 Å². The summed E-state index contributed by atoms with van der Waals surface area (Å²) in [4.78, 5) is 6.77. The van der Waals surface area contributed by atoms with Crippen LogP contribution in [0.3, 0.4) is 0 Å². The summed E-state index contributed by atoms with van der Waals surface area (Å²) >= 11 is 0. The zero-order valence-electron chi connectivity index (χ0n) is 11.8. The lowest BCUT2D eigenvalue weighted by atomic mass is 10.0. The highest BCUT2D eigenvalue weighted by molar-refractivity contribution is 5.13. The van der Waals surface area contributed by atoms with Crippen LogP contribution in [-0.4, -0.2) is 41.7 Å². The zero-order valence-corrected chi connectivity index (χ0v) is 11.8. The molecule has 19 heavy (non-hydrogen) atoms. The van der Waals surface area contributed by atoms with Crippen molar-refractivity contribution in [2.45, 2.75) is 44.8 Å². The highest BCUT2D eigenvalue weighted by Crippen LogP contribution is 2.33. The SMILES string of the molecule is CCO[C@@H]1CCN(CC2CC2)[C@@H]1Cc1ccncc1. The summed E-state index contributed by atoms with van der Waals surface area (Å²) in [7, 11) is 0. The molecule has 2 fully saturated rings. The normalized spacial score (nSPS) is 27.8. The Morgan fingerprint density at radius 3 is 2.74 bits per heavy atom. The quantitative estimate of drug-likeness (QED) is 0.786. The Bertz CT molecular complexity index is 391. The number of hydrogen-bond donors (Lipinski definition) is 0. The molecule has 3 rings (SSSR count). The van der Waals surface area contributed by atoms with Crippen molar-refractivity contribution in [3.8, 4) is 0 Å². The van der Waals surface area contributed by atoms with Crippen LogP contribution in [0.4, 0.5) is 0 Å². The van der Waals surface area contributed by atoms with Gasteiger partial charge in [0.2, 0.25) is 0 Å². The van der Waals surface area contributed by atoms with Gasteiger partial charge in [0.05, 0.1) is 6.10 Å². The van der Waals surface area contributed by atoms with Crippen molar-refractivity contribution in [3.05, 3.63) is 30.1 Å². The minimum absolute atomic E-state index is 0.414. The average Bonchev–Trinajstić information content (AvgIpc) is 3.18. The molecule has 104 valence electrons. The summed E-state index contributed by atoms with van der Waals surface area (Å²) < 4.78 is 5.96. The summed E-state index contributed by atoms with van der Waals surface area (Å²) in [6.07, 6.45) is 9.35. The second kappa shape index (κ2) is 6.02. The van der Waals surface area contributed by atoms with E-state index in [1.807, 2.05) is 12.4 Å². The average molecular weight is 260 g/mol. The van der Waals surface area contributed by atoms with E-state index in [9.17, 15) is 0 Å². The first-order valence-corrected chi connectivity index (χ1v) is 7.61. The van der Waals surface area contributed by atoms with Crippen LogP contribution in [-0.2, 0) is 11.2 Å². The minimum atomic E-state index is 0.414. The molecular formula is C16H24N2O. The predicted octanol–water partition coefficient (Wildman–Crippen LogP) is 2.51. The van der Waals surface area contributed by atoms with Crippen LogP contribution in [0.25, 0.3) is 0 Å². The molecule has 1 saturated heterocycles. The van der Waals surface area contributed by atoms with Gasteiger partial charge in [-0.15, -0.1) is 0 Å². The highest BCUT2D eigenvalue weighted by Gasteiger charge is 2.37. The van der Waals surface area contributed by atoms with Crippen LogP contribution >= 0.6 is 0 Å². The Labute approximate surface area is 116 Å². The molecule has 3 heteroatoms. The molecule has 0 radical (unpaired) electrons. The van der Waals surface area contributed by atoms with E-state index in [0.29, 0.717) is 12.1 Å². The maximum atomic E-state index is 5.96.